The predicted molar refractivity (Wildman–Crippen MR) is 95.3 cm³/mol. The fourth-order valence-corrected chi connectivity index (χ4v) is 3.37. The summed E-state index contributed by atoms with van der Waals surface area (Å²) in [5.41, 5.74) is 0.164. The molecular weight excluding hydrogens is 362 g/mol. The van der Waals surface area contributed by atoms with Gasteiger partial charge in [-0.15, -0.1) is 11.3 Å². The molecule has 140 valence electrons. The van der Waals surface area contributed by atoms with Crippen molar-refractivity contribution < 1.29 is 19.5 Å². The van der Waals surface area contributed by atoms with Crippen LogP contribution in [0.1, 0.15) is 21.1 Å². The van der Waals surface area contributed by atoms with Crippen LogP contribution in [0.2, 0.25) is 0 Å². The lowest BCUT2D eigenvalue weighted by Gasteiger charge is -2.07. The molecule has 0 aliphatic heterocycles. The Hall–Kier alpha value is -2.79. The number of carbonyl (C=O) groups is 3. The lowest BCUT2D eigenvalue weighted by Crippen LogP contribution is -2.38. The van der Waals surface area contributed by atoms with Crippen molar-refractivity contribution in [1.29, 1.82) is 0 Å². The first-order valence-corrected chi connectivity index (χ1v) is 8.44. The summed E-state index contributed by atoms with van der Waals surface area (Å²) in [6.07, 6.45) is 0. The normalized spacial score (nSPS) is 10.9. The van der Waals surface area contributed by atoms with E-state index in [1.54, 1.807) is 6.92 Å². The van der Waals surface area contributed by atoms with Crippen molar-refractivity contribution in [3.05, 3.63) is 26.6 Å². The summed E-state index contributed by atoms with van der Waals surface area (Å²) in [4.78, 5) is 56.1. The summed E-state index contributed by atoms with van der Waals surface area (Å²) in [6.45, 7) is 1.20. The van der Waals surface area contributed by atoms with E-state index in [0.29, 0.717) is 28.1 Å². The molecule has 0 saturated heterocycles. The van der Waals surface area contributed by atoms with Gasteiger partial charge in [0, 0.05) is 0 Å². The van der Waals surface area contributed by atoms with Crippen molar-refractivity contribution in [2.75, 3.05) is 27.2 Å². The molecule has 10 nitrogen and oxygen atoms in total. The number of aromatic nitrogens is 2. The number of aromatic amines is 1. The summed E-state index contributed by atoms with van der Waals surface area (Å²) in [5, 5.41) is 13.4. The Balaban J connectivity index is 2.18. The summed E-state index contributed by atoms with van der Waals surface area (Å²) in [7, 11) is 3.69. The first-order chi connectivity index (χ1) is 12.2. The Bertz CT molecular complexity index is 917. The standard InChI is InChI=1S/C15H19N5O5S/c1-7-11-13(24)18-8(6-20(2)3)19-15(11)26-12(7)14(25)17-4-9(21)16-5-10(22)23/h4-6H2,1-3H3,(H,16,21)(H,17,25)(H,22,23)(H,18,19,24). The van der Waals surface area contributed by atoms with Crippen LogP contribution < -0.4 is 16.2 Å². The van der Waals surface area contributed by atoms with E-state index in [2.05, 4.69) is 20.6 Å². The minimum absolute atomic E-state index is 0.283. The van der Waals surface area contributed by atoms with Gasteiger partial charge < -0.3 is 25.6 Å². The number of fused-ring (bicyclic) bond motifs is 1. The van der Waals surface area contributed by atoms with Crippen LogP contribution in [-0.2, 0) is 16.1 Å². The van der Waals surface area contributed by atoms with Gasteiger partial charge in [0.1, 0.15) is 17.2 Å². The monoisotopic (exact) mass is 381 g/mol. The largest absolute Gasteiger partial charge is 0.480 e. The molecule has 4 N–H and O–H groups in total. The number of carbonyl (C=O) groups excluding carboxylic acids is 2. The molecule has 0 bridgehead atoms. The molecule has 0 fully saturated rings. The van der Waals surface area contributed by atoms with E-state index in [1.807, 2.05) is 19.0 Å². The number of rotatable bonds is 7. The quantitative estimate of drug-likeness (QED) is 0.495. The summed E-state index contributed by atoms with van der Waals surface area (Å²) < 4.78 is 0. The van der Waals surface area contributed by atoms with Crippen LogP contribution in [0.4, 0.5) is 0 Å². The zero-order valence-corrected chi connectivity index (χ0v) is 15.3. The van der Waals surface area contributed by atoms with E-state index < -0.39 is 24.3 Å². The molecule has 0 saturated carbocycles. The molecule has 0 aliphatic carbocycles. The van der Waals surface area contributed by atoms with E-state index in [1.165, 1.54) is 0 Å². The van der Waals surface area contributed by atoms with Crippen molar-refractivity contribution in [2.24, 2.45) is 0 Å². The molecule has 2 heterocycles. The van der Waals surface area contributed by atoms with Gasteiger partial charge in [-0.05, 0) is 26.6 Å². The highest BCUT2D eigenvalue weighted by atomic mass is 32.1. The highest BCUT2D eigenvalue weighted by Gasteiger charge is 2.20. The summed E-state index contributed by atoms with van der Waals surface area (Å²) >= 11 is 1.07. The zero-order chi connectivity index (χ0) is 19.4. The Labute approximate surface area is 152 Å². The molecule has 0 aliphatic rings. The number of nitrogens with zero attached hydrogens (tertiary/aromatic N) is 2. The van der Waals surface area contributed by atoms with Crippen molar-refractivity contribution in [1.82, 2.24) is 25.5 Å². The van der Waals surface area contributed by atoms with Crippen LogP contribution in [0, 0.1) is 6.92 Å². The average Bonchev–Trinajstić information content (AvgIpc) is 2.87. The first kappa shape index (κ1) is 19.5. The number of amides is 2. The number of aryl methyl sites for hydroxylation is 1. The third-order valence-corrected chi connectivity index (χ3v) is 4.55. The fourth-order valence-electron chi connectivity index (χ4n) is 2.26. The molecule has 0 atom stereocenters. The van der Waals surface area contributed by atoms with Crippen LogP contribution in [0.25, 0.3) is 10.2 Å². The minimum atomic E-state index is -1.18. The summed E-state index contributed by atoms with van der Waals surface area (Å²) in [5.74, 6) is -1.83. The number of hydrogen-bond acceptors (Lipinski definition) is 7. The van der Waals surface area contributed by atoms with E-state index >= 15 is 0 Å². The van der Waals surface area contributed by atoms with Crippen LogP contribution in [0.5, 0.6) is 0 Å². The van der Waals surface area contributed by atoms with Gasteiger partial charge in [0.2, 0.25) is 5.91 Å². The lowest BCUT2D eigenvalue weighted by atomic mass is 10.2. The molecular formula is C15H19N5O5S. The second-order valence-electron chi connectivity index (χ2n) is 5.84. The van der Waals surface area contributed by atoms with Crippen LogP contribution in [-0.4, -0.2) is 64.9 Å². The van der Waals surface area contributed by atoms with Gasteiger partial charge in [0.15, 0.2) is 0 Å². The second-order valence-corrected chi connectivity index (χ2v) is 6.84. The lowest BCUT2D eigenvalue weighted by molar-refractivity contribution is -0.137. The van der Waals surface area contributed by atoms with Gasteiger partial charge in [0.25, 0.3) is 11.5 Å². The van der Waals surface area contributed by atoms with Gasteiger partial charge >= 0.3 is 5.97 Å². The fraction of sp³-hybridized carbons (Fsp3) is 0.400. The molecule has 11 heteroatoms. The van der Waals surface area contributed by atoms with Crippen molar-refractivity contribution in [3.8, 4) is 0 Å². The highest BCUT2D eigenvalue weighted by Crippen LogP contribution is 2.26. The highest BCUT2D eigenvalue weighted by molar-refractivity contribution is 7.20. The van der Waals surface area contributed by atoms with E-state index in [4.69, 9.17) is 5.11 Å². The number of carboxylic acid groups (broad SMARTS) is 1. The number of hydrogen-bond donors (Lipinski definition) is 4. The molecule has 2 aromatic rings. The average molecular weight is 381 g/mol. The molecule has 2 amide bonds. The Morgan fingerprint density at radius 3 is 2.54 bits per heavy atom. The zero-order valence-electron chi connectivity index (χ0n) is 14.5. The molecule has 2 rings (SSSR count). The maximum atomic E-state index is 12.3. The third kappa shape index (κ3) is 4.64. The van der Waals surface area contributed by atoms with Crippen LogP contribution >= 0.6 is 11.3 Å². The smallest absolute Gasteiger partial charge is 0.322 e. The molecule has 0 unspecified atom stereocenters. The minimum Gasteiger partial charge on any atom is -0.480 e. The van der Waals surface area contributed by atoms with Crippen LogP contribution in [0.15, 0.2) is 4.79 Å². The molecule has 26 heavy (non-hydrogen) atoms. The van der Waals surface area contributed by atoms with Gasteiger partial charge in [-0.2, -0.15) is 0 Å². The number of H-pyrrole nitrogens is 1. The Morgan fingerprint density at radius 2 is 1.92 bits per heavy atom. The van der Waals surface area contributed by atoms with Gasteiger partial charge in [-0.25, -0.2) is 4.98 Å². The third-order valence-electron chi connectivity index (χ3n) is 3.37. The molecule has 0 spiro atoms. The maximum absolute atomic E-state index is 12.3. The van der Waals surface area contributed by atoms with Gasteiger partial charge in [-0.1, -0.05) is 0 Å². The molecule has 0 radical (unpaired) electrons. The Kier molecular flexibility index (Phi) is 6.05. The number of nitrogens with one attached hydrogen (secondary N) is 3. The van der Waals surface area contributed by atoms with E-state index in [0.717, 1.165) is 11.3 Å². The predicted octanol–water partition coefficient (Wildman–Crippen LogP) is -0.715. The topological polar surface area (TPSA) is 144 Å². The van der Waals surface area contributed by atoms with Crippen LogP contribution in [0.3, 0.4) is 0 Å². The molecule has 0 aromatic carbocycles. The van der Waals surface area contributed by atoms with Crippen molar-refractivity contribution in [2.45, 2.75) is 13.5 Å². The maximum Gasteiger partial charge on any atom is 0.322 e. The summed E-state index contributed by atoms with van der Waals surface area (Å²) in [6, 6.07) is 0. The van der Waals surface area contributed by atoms with Gasteiger partial charge in [-0.3, -0.25) is 19.2 Å². The number of carboxylic acids is 1. The van der Waals surface area contributed by atoms with E-state index in [-0.39, 0.29) is 17.0 Å². The van der Waals surface area contributed by atoms with Gasteiger partial charge in [0.05, 0.1) is 23.4 Å². The number of aliphatic carboxylic acids is 1. The number of thiophene rings is 1. The van der Waals surface area contributed by atoms with Crippen molar-refractivity contribution in [3.63, 3.8) is 0 Å². The second kappa shape index (κ2) is 8.06. The van der Waals surface area contributed by atoms with E-state index in [9.17, 15) is 19.2 Å². The first-order valence-electron chi connectivity index (χ1n) is 7.62. The Morgan fingerprint density at radius 1 is 1.23 bits per heavy atom. The van der Waals surface area contributed by atoms with Crippen molar-refractivity contribution >= 4 is 39.3 Å². The molecule has 2 aromatic heterocycles. The SMILES string of the molecule is Cc1c(C(=O)NCC(=O)NCC(=O)O)sc2nc(CN(C)C)[nH]c(=O)c12.